The minimum atomic E-state index is 0.0141. The largest absolute Gasteiger partial charge is 0.399 e. The molecule has 2 aliphatic rings. The van der Waals surface area contributed by atoms with Gasteiger partial charge in [0.25, 0.3) is 0 Å². The van der Waals surface area contributed by atoms with Gasteiger partial charge >= 0.3 is 0 Å². The van der Waals surface area contributed by atoms with Gasteiger partial charge in [-0.15, -0.1) is 11.8 Å². The van der Waals surface area contributed by atoms with E-state index in [1.54, 1.807) is 11.8 Å². The van der Waals surface area contributed by atoms with E-state index in [4.69, 9.17) is 5.73 Å². The average Bonchev–Trinajstić information content (AvgIpc) is 2.50. The van der Waals surface area contributed by atoms with Gasteiger partial charge in [0.15, 0.2) is 0 Å². The number of nitrogens with two attached hydrogens (primary N) is 1. The van der Waals surface area contributed by atoms with Crippen molar-refractivity contribution in [3.8, 4) is 0 Å². The highest BCUT2D eigenvalue weighted by molar-refractivity contribution is 8.03. The summed E-state index contributed by atoms with van der Waals surface area (Å²) in [5.41, 5.74) is 10.3. The van der Waals surface area contributed by atoms with Crippen molar-refractivity contribution >= 4 is 23.0 Å². The molecule has 2 N–H and O–H groups in total. The number of thioether (sulfide) groups is 1. The molecule has 0 radical (unpaired) electrons. The lowest BCUT2D eigenvalue weighted by atomic mass is 10.0. The van der Waals surface area contributed by atoms with Crippen LogP contribution in [0, 0.1) is 0 Å². The number of allylic oxidation sites excluding steroid dienone is 4. The molecule has 0 aromatic heterocycles. The Bertz CT molecular complexity index is 553. The first-order valence-corrected chi connectivity index (χ1v) is 6.42. The summed E-state index contributed by atoms with van der Waals surface area (Å²) in [5.74, 6) is 0. The maximum Gasteiger partial charge on any atom is 0.140 e. The van der Waals surface area contributed by atoms with Gasteiger partial charge in [0.2, 0.25) is 0 Å². The molecule has 2 heterocycles. The van der Waals surface area contributed by atoms with Crippen molar-refractivity contribution in [2.45, 2.75) is 5.37 Å². The number of aliphatic imine (C=N–C) groups is 1. The van der Waals surface area contributed by atoms with Crippen LogP contribution in [0.1, 0.15) is 5.56 Å². The van der Waals surface area contributed by atoms with Gasteiger partial charge in [0.1, 0.15) is 5.37 Å². The van der Waals surface area contributed by atoms with E-state index >= 15 is 0 Å². The van der Waals surface area contributed by atoms with Gasteiger partial charge in [-0.05, 0) is 23.1 Å². The minimum Gasteiger partial charge on any atom is -0.399 e. The maximum absolute atomic E-state index is 6.23. The third-order valence-corrected chi connectivity index (χ3v) is 3.71. The quantitative estimate of drug-likeness (QED) is 0.819. The molecule has 2 aliphatic heterocycles. The highest BCUT2D eigenvalue weighted by Gasteiger charge is 2.19. The van der Waals surface area contributed by atoms with Crippen molar-refractivity contribution in [1.29, 1.82) is 0 Å². The van der Waals surface area contributed by atoms with Gasteiger partial charge < -0.3 is 5.73 Å². The zero-order valence-electron chi connectivity index (χ0n) is 9.21. The third-order valence-electron chi connectivity index (χ3n) is 2.80. The molecule has 0 fully saturated rings. The van der Waals surface area contributed by atoms with Crippen LogP contribution in [-0.2, 0) is 0 Å². The zero-order valence-corrected chi connectivity index (χ0v) is 10.0. The average molecular weight is 240 g/mol. The Balaban J connectivity index is 2.09. The highest BCUT2D eigenvalue weighted by Crippen LogP contribution is 2.31. The second-order valence-electron chi connectivity index (χ2n) is 3.91. The van der Waals surface area contributed by atoms with Crippen LogP contribution in [0.4, 0.5) is 0 Å². The first kappa shape index (κ1) is 10.4. The van der Waals surface area contributed by atoms with Crippen LogP contribution in [0.2, 0.25) is 0 Å². The summed E-state index contributed by atoms with van der Waals surface area (Å²) in [6.45, 7) is 0. The number of rotatable bonds is 1. The van der Waals surface area contributed by atoms with Crippen LogP contribution in [-0.4, -0.2) is 11.1 Å². The van der Waals surface area contributed by atoms with Gasteiger partial charge in [-0.2, -0.15) is 0 Å². The predicted molar refractivity (Wildman–Crippen MR) is 74.6 cm³/mol. The van der Waals surface area contributed by atoms with Gasteiger partial charge in [0, 0.05) is 5.57 Å². The van der Waals surface area contributed by atoms with Crippen LogP contribution in [0.15, 0.2) is 64.7 Å². The van der Waals surface area contributed by atoms with Crippen LogP contribution < -0.4 is 5.73 Å². The summed E-state index contributed by atoms with van der Waals surface area (Å²) in [6, 6.07) is 10.2. The lowest BCUT2D eigenvalue weighted by Crippen LogP contribution is -2.15. The number of hydrogen-bond donors (Lipinski definition) is 1. The first-order chi connectivity index (χ1) is 8.34. The molecule has 1 aromatic carbocycles. The zero-order chi connectivity index (χ0) is 11.7. The van der Waals surface area contributed by atoms with Crippen molar-refractivity contribution in [3.05, 3.63) is 65.2 Å². The SMILES string of the molecule is NC1=C(c2ccccc2)C=CC2=NC1SC=C2. The smallest absolute Gasteiger partial charge is 0.140 e. The molecular weight excluding hydrogens is 228 g/mol. The van der Waals surface area contributed by atoms with E-state index in [1.807, 2.05) is 30.4 Å². The normalized spacial score (nSPS) is 22.4. The van der Waals surface area contributed by atoms with E-state index in [9.17, 15) is 0 Å². The van der Waals surface area contributed by atoms with E-state index in [1.165, 1.54) is 0 Å². The molecule has 1 aromatic rings. The Kier molecular flexibility index (Phi) is 2.61. The number of benzene rings is 1. The van der Waals surface area contributed by atoms with Crippen LogP contribution >= 0.6 is 11.8 Å². The maximum atomic E-state index is 6.23. The molecule has 3 heteroatoms. The van der Waals surface area contributed by atoms with E-state index in [0.717, 1.165) is 22.5 Å². The Morgan fingerprint density at radius 1 is 1.06 bits per heavy atom. The second kappa shape index (κ2) is 4.26. The lowest BCUT2D eigenvalue weighted by Gasteiger charge is -2.15. The molecule has 0 saturated carbocycles. The minimum absolute atomic E-state index is 0.0141. The summed E-state index contributed by atoms with van der Waals surface area (Å²) in [4.78, 5) is 4.56. The van der Waals surface area contributed by atoms with Gasteiger partial charge in [-0.3, -0.25) is 4.99 Å². The Morgan fingerprint density at radius 2 is 1.88 bits per heavy atom. The second-order valence-corrected chi connectivity index (χ2v) is 4.90. The molecule has 0 aliphatic carbocycles. The standard InChI is InChI=1S/C14H12N2S/c15-13-12(10-4-2-1-3-5-10)7-6-11-8-9-17-14(13)16-11/h1-9,14H,15H2. The van der Waals surface area contributed by atoms with Crippen molar-refractivity contribution in [3.63, 3.8) is 0 Å². The number of nitrogens with zero attached hydrogens (tertiary/aromatic N) is 1. The molecule has 2 nitrogen and oxygen atoms in total. The first-order valence-electron chi connectivity index (χ1n) is 5.47. The summed E-state index contributed by atoms with van der Waals surface area (Å²) in [7, 11) is 0. The van der Waals surface area contributed by atoms with Gasteiger partial charge in [0.05, 0.1) is 11.4 Å². The van der Waals surface area contributed by atoms with Crippen LogP contribution in [0.3, 0.4) is 0 Å². The van der Waals surface area contributed by atoms with Crippen molar-refractivity contribution in [1.82, 2.24) is 0 Å². The molecule has 0 saturated heterocycles. The summed E-state index contributed by atoms with van der Waals surface area (Å²) < 4.78 is 0. The Morgan fingerprint density at radius 3 is 2.71 bits per heavy atom. The fraction of sp³-hybridized carbons (Fsp3) is 0.0714. The predicted octanol–water partition coefficient (Wildman–Crippen LogP) is 2.95. The number of hydrogen-bond acceptors (Lipinski definition) is 3. The molecule has 0 amide bonds. The van der Waals surface area contributed by atoms with E-state index in [-0.39, 0.29) is 5.37 Å². The van der Waals surface area contributed by atoms with Gasteiger partial charge in [-0.25, -0.2) is 0 Å². The monoisotopic (exact) mass is 240 g/mol. The Hall–Kier alpha value is -1.74. The molecule has 84 valence electrons. The topological polar surface area (TPSA) is 38.4 Å². The molecule has 17 heavy (non-hydrogen) atoms. The van der Waals surface area contributed by atoms with E-state index < -0.39 is 0 Å². The van der Waals surface area contributed by atoms with E-state index in [2.05, 4.69) is 28.6 Å². The van der Waals surface area contributed by atoms with Crippen LogP contribution in [0.25, 0.3) is 5.57 Å². The highest BCUT2D eigenvalue weighted by atomic mass is 32.2. The van der Waals surface area contributed by atoms with Crippen molar-refractivity contribution in [2.24, 2.45) is 10.7 Å². The molecule has 0 spiro atoms. The molecule has 2 bridgehead atoms. The van der Waals surface area contributed by atoms with Gasteiger partial charge in [-0.1, -0.05) is 36.4 Å². The molecule has 1 atom stereocenters. The summed E-state index contributed by atoms with van der Waals surface area (Å²) in [5, 5.41) is 2.07. The summed E-state index contributed by atoms with van der Waals surface area (Å²) >= 11 is 1.65. The fourth-order valence-corrected chi connectivity index (χ4v) is 2.74. The summed E-state index contributed by atoms with van der Waals surface area (Å²) in [6.07, 6.45) is 6.09. The lowest BCUT2D eigenvalue weighted by molar-refractivity contribution is 1.05. The molecular formula is C14H12N2S. The van der Waals surface area contributed by atoms with E-state index in [0.29, 0.717) is 0 Å². The fourth-order valence-electron chi connectivity index (χ4n) is 1.91. The molecule has 3 rings (SSSR count). The number of fused-ring (bicyclic) bond motifs is 1. The van der Waals surface area contributed by atoms with Crippen molar-refractivity contribution < 1.29 is 0 Å². The third kappa shape index (κ3) is 1.94. The molecule has 1 unspecified atom stereocenters. The Labute approximate surface area is 105 Å². The van der Waals surface area contributed by atoms with Crippen molar-refractivity contribution in [2.75, 3.05) is 0 Å². The van der Waals surface area contributed by atoms with Crippen LogP contribution in [0.5, 0.6) is 0 Å².